The van der Waals surface area contributed by atoms with Crippen molar-refractivity contribution in [2.24, 2.45) is 5.73 Å². The Bertz CT molecular complexity index is 537. The van der Waals surface area contributed by atoms with Crippen molar-refractivity contribution in [3.05, 3.63) is 41.4 Å². The Morgan fingerprint density at radius 3 is 2.84 bits per heavy atom. The van der Waals surface area contributed by atoms with Gasteiger partial charge in [0.25, 0.3) is 0 Å². The smallest absolute Gasteiger partial charge is 0.123 e. The van der Waals surface area contributed by atoms with E-state index < -0.39 is 0 Å². The maximum Gasteiger partial charge on any atom is 0.123 e. The standard InChI is InChI=1S/C15H19N3S/c1-11-14(16)7-8-18(11)9-13-10-19-15(17-13)12-5-3-2-4-6-12/h2-6,10-11,14H,7-9,16H2,1H3. The van der Waals surface area contributed by atoms with Gasteiger partial charge in [-0.2, -0.15) is 0 Å². The zero-order chi connectivity index (χ0) is 13.2. The van der Waals surface area contributed by atoms with Crippen LogP contribution >= 0.6 is 11.3 Å². The van der Waals surface area contributed by atoms with Gasteiger partial charge >= 0.3 is 0 Å². The van der Waals surface area contributed by atoms with Crippen molar-refractivity contribution in [1.29, 1.82) is 0 Å². The second kappa shape index (κ2) is 5.41. The third kappa shape index (κ3) is 2.71. The molecule has 0 aliphatic carbocycles. The molecule has 2 heterocycles. The van der Waals surface area contributed by atoms with Crippen molar-refractivity contribution in [2.45, 2.75) is 32.0 Å². The predicted octanol–water partition coefficient (Wildman–Crippen LogP) is 2.73. The third-order valence-electron chi connectivity index (χ3n) is 3.88. The molecule has 1 aromatic heterocycles. The molecular formula is C15H19N3S. The lowest BCUT2D eigenvalue weighted by molar-refractivity contribution is 0.249. The SMILES string of the molecule is CC1C(N)CCN1Cc1csc(-c2ccccc2)n1. The van der Waals surface area contributed by atoms with Crippen LogP contribution in [-0.2, 0) is 6.54 Å². The summed E-state index contributed by atoms with van der Waals surface area (Å²) in [5.41, 5.74) is 8.42. The van der Waals surface area contributed by atoms with Crippen LogP contribution in [0.15, 0.2) is 35.7 Å². The van der Waals surface area contributed by atoms with E-state index in [0.29, 0.717) is 12.1 Å². The minimum absolute atomic E-state index is 0.312. The molecule has 2 aromatic rings. The highest BCUT2D eigenvalue weighted by Gasteiger charge is 2.28. The Kier molecular flexibility index (Phi) is 3.64. The summed E-state index contributed by atoms with van der Waals surface area (Å²) in [5, 5.41) is 3.27. The fourth-order valence-electron chi connectivity index (χ4n) is 2.55. The summed E-state index contributed by atoms with van der Waals surface area (Å²) in [5.74, 6) is 0. The predicted molar refractivity (Wildman–Crippen MR) is 80.0 cm³/mol. The average Bonchev–Trinajstić information content (AvgIpc) is 3.02. The summed E-state index contributed by atoms with van der Waals surface area (Å²) in [6, 6.07) is 11.1. The number of hydrogen-bond donors (Lipinski definition) is 1. The van der Waals surface area contributed by atoms with Crippen molar-refractivity contribution in [3.8, 4) is 10.6 Å². The molecule has 0 radical (unpaired) electrons. The summed E-state index contributed by atoms with van der Waals surface area (Å²) in [6.45, 7) is 4.21. The third-order valence-corrected chi connectivity index (χ3v) is 4.82. The molecule has 2 atom stereocenters. The number of nitrogens with two attached hydrogens (primary N) is 1. The Morgan fingerprint density at radius 1 is 1.37 bits per heavy atom. The van der Waals surface area contributed by atoms with Crippen LogP contribution in [0.25, 0.3) is 10.6 Å². The number of likely N-dealkylation sites (tertiary alicyclic amines) is 1. The molecular weight excluding hydrogens is 254 g/mol. The lowest BCUT2D eigenvalue weighted by atomic mass is 10.2. The second-order valence-corrected chi connectivity index (χ2v) is 6.03. The highest BCUT2D eigenvalue weighted by atomic mass is 32.1. The number of hydrogen-bond acceptors (Lipinski definition) is 4. The van der Waals surface area contributed by atoms with E-state index in [2.05, 4.69) is 41.5 Å². The summed E-state index contributed by atoms with van der Waals surface area (Å²) in [4.78, 5) is 7.16. The molecule has 1 aliphatic rings. The van der Waals surface area contributed by atoms with Crippen molar-refractivity contribution in [2.75, 3.05) is 6.54 Å². The van der Waals surface area contributed by atoms with E-state index in [9.17, 15) is 0 Å². The fraction of sp³-hybridized carbons (Fsp3) is 0.400. The molecule has 1 saturated heterocycles. The zero-order valence-electron chi connectivity index (χ0n) is 11.1. The summed E-state index contributed by atoms with van der Waals surface area (Å²) >= 11 is 1.72. The molecule has 100 valence electrons. The molecule has 1 aliphatic heterocycles. The van der Waals surface area contributed by atoms with Gasteiger partial charge in [0.1, 0.15) is 5.01 Å². The van der Waals surface area contributed by atoms with Crippen LogP contribution in [0.3, 0.4) is 0 Å². The number of thiazole rings is 1. The Hall–Kier alpha value is -1.23. The van der Waals surface area contributed by atoms with Gasteiger partial charge in [-0.15, -0.1) is 11.3 Å². The molecule has 0 bridgehead atoms. The molecule has 0 saturated carbocycles. The first-order chi connectivity index (χ1) is 9.24. The number of rotatable bonds is 3. The molecule has 1 fully saturated rings. The van der Waals surface area contributed by atoms with E-state index in [4.69, 9.17) is 10.7 Å². The second-order valence-electron chi connectivity index (χ2n) is 5.17. The molecule has 0 spiro atoms. The first kappa shape index (κ1) is 12.8. The molecule has 3 rings (SSSR count). The fourth-order valence-corrected chi connectivity index (χ4v) is 3.37. The normalized spacial score (nSPS) is 23.9. The van der Waals surface area contributed by atoms with E-state index in [1.807, 2.05) is 6.07 Å². The van der Waals surface area contributed by atoms with E-state index in [0.717, 1.165) is 30.2 Å². The number of aromatic nitrogens is 1. The van der Waals surface area contributed by atoms with Gasteiger partial charge in [-0.25, -0.2) is 4.98 Å². The van der Waals surface area contributed by atoms with Crippen molar-refractivity contribution in [3.63, 3.8) is 0 Å². The summed E-state index contributed by atoms with van der Waals surface area (Å²) in [7, 11) is 0. The van der Waals surface area contributed by atoms with Gasteiger partial charge in [0.15, 0.2) is 0 Å². The molecule has 4 heteroatoms. The van der Waals surface area contributed by atoms with E-state index >= 15 is 0 Å². The van der Waals surface area contributed by atoms with Gasteiger partial charge in [-0.3, -0.25) is 4.90 Å². The van der Waals surface area contributed by atoms with Crippen LogP contribution in [-0.4, -0.2) is 28.5 Å². The summed E-state index contributed by atoms with van der Waals surface area (Å²) in [6.07, 6.45) is 1.09. The number of benzene rings is 1. The first-order valence-corrected chi connectivity index (χ1v) is 7.61. The van der Waals surface area contributed by atoms with Crippen LogP contribution in [0.5, 0.6) is 0 Å². The van der Waals surface area contributed by atoms with Crippen LogP contribution < -0.4 is 5.73 Å². The quantitative estimate of drug-likeness (QED) is 0.935. The highest BCUT2D eigenvalue weighted by Crippen LogP contribution is 2.25. The topological polar surface area (TPSA) is 42.1 Å². The van der Waals surface area contributed by atoms with E-state index in [1.54, 1.807) is 11.3 Å². The van der Waals surface area contributed by atoms with Gasteiger partial charge in [-0.05, 0) is 13.3 Å². The van der Waals surface area contributed by atoms with Crippen LogP contribution in [0.2, 0.25) is 0 Å². The van der Waals surface area contributed by atoms with Gasteiger partial charge < -0.3 is 5.73 Å². The van der Waals surface area contributed by atoms with Crippen molar-refractivity contribution < 1.29 is 0 Å². The van der Waals surface area contributed by atoms with Crippen molar-refractivity contribution in [1.82, 2.24) is 9.88 Å². The minimum Gasteiger partial charge on any atom is -0.326 e. The van der Waals surface area contributed by atoms with E-state index in [-0.39, 0.29) is 0 Å². The molecule has 2 N–H and O–H groups in total. The molecule has 1 aromatic carbocycles. The van der Waals surface area contributed by atoms with Crippen molar-refractivity contribution >= 4 is 11.3 Å². The van der Waals surface area contributed by atoms with Gasteiger partial charge in [-0.1, -0.05) is 30.3 Å². The number of nitrogens with zero attached hydrogens (tertiary/aromatic N) is 2. The van der Waals surface area contributed by atoms with Gasteiger partial charge in [0.2, 0.25) is 0 Å². The minimum atomic E-state index is 0.312. The average molecular weight is 273 g/mol. The lowest BCUT2D eigenvalue weighted by Crippen LogP contribution is -2.36. The van der Waals surface area contributed by atoms with Gasteiger partial charge in [0.05, 0.1) is 5.69 Å². The zero-order valence-corrected chi connectivity index (χ0v) is 11.9. The molecule has 2 unspecified atom stereocenters. The Labute approximate surface area is 118 Å². The Morgan fingerprint density at radius 2 is 2.16 bits per heavy atom. The molecule has 19 heavy (non-hydrogen) atoms. The largest absolute Gasteiger partial charge is 0.326 e. The van der Waals surface area contributed by atoms with Crippen LogP contribution in [0.1, 0.15) is 19.0 Å². The molecule has 0 amide bonds. The lowest BCUT2D eigenvalue weighted by Gasteiger charge is -2.21. The highest BCUT2D eigenvalue weighted by molar-refractivity contribution is 7.13. The van der Waals surface area contributed by atoms with E-state index in [1.165, 1.54) is 5.56 Å². The molecule has 3 nitrogen and oxygen atoms in total. The van der Waals surface area contributed by atoms with Crippen LogP contribution in [0, 0.1) is 0 Å². The maximum absolute atomic E-state index is 6.06. The van der Waals surface area contributed by atoms with Crippen LogP contribution in [0.4, 0.5) is 0 Å². The first-order valence-electron chi connectivity index (χ1n) is 6.73. The summed E-state index contributed by atoms with van der Waals surface area (Å²) < 4.78 is 0. The Balaban J connectivity index is 1.72. The van der Waals surface area contributed by atoms with Gasteiger partial charge in [0, 0.05) is 36.1 Å². The monoisotopic (exact) mass is 273 g/mol. The maximum atomic E-state index is 6.06.